The molecule has 1 aliphatic heterocycles. The number of nitrogens with zero attached hydrogens (tertiary/aromatic N) is 2. The summed E-state index contributed by atoms with van der Waals surface area (Å²) in [7, 11) is 0. The minimum atomic E-state index is -0.200. The van der Waals surface area contributed by atoms with Crippen LogP contribution in [0.25, 0.3) is 0 Å². The minimum absolute atomic E-state index is 0.123. The van der Waals surface area contributed by atoms with Gasteiger partial charge < -0.3 is 15.3 Å². The number of aliphatic hydroxyl groups excluding tert-OH is 1. The molecule has 1 aliphatic rings. The monoisotopic (exact) mass is 249 g/mol. The molecule has 2 N–H and O–H groups in total. The zero-order valence-corrected chi connectivity index (χ0v) is 11.5. The van der Waals surface area contributed by atoms with Gasteiger partial charge in [0.05, 0.1) is 6.10 Å². The molecule has 1 atom stereocenters. The van der Waals surface area contributed by atoms with E-state index in [-0.39, 0.29) is 11.6 Å². The third kappa shape index (κ3) is 3.68. The fourth-order valence-corrected chi connectivity index (χ4v) is 2.03. The second-order valence-electron chi connectivity index (χ2n) is 6.02. The van der Waals surface area contributed by atoms with Gasteiger partial charge in [-0.15, -0.1) is 0 Å². The number of anilines is 1. The molecule has 0 aliphatic carbocycles. The number of hydrogen-bond donors (Lipinski definition) is 2. The van der Waals surface area contributed by atoms with E-state index in [0.717, 1.165) is 25.3 Å². The Hall–Kier alpha value is -1.13. The summed E-state index contributed by atoms with van der Waals surface area (Å²) in [4.78, 5) is 6.60. The predicted molar refractivity (Wildman–Crippen MR) is 73.7 cm³/mol. The Morgan fingerprint density at radius 1 is 1.44 bits per heavy atom. The highest BCUT2D eigenvalue weighted by atomic mass is 16.3. The lowest BCUT2D eigenvalue weighted by Crippen LogP contribution is -2.35. The van der Waals surface area contributed by atoms with Gasteiger partial charge in [-0.1, -0.05) is 6.07 Å². The Balaban J connectivity index is 1.93. The van der Waals surface area contributed by atoms with Crippen molar-refractivity contribution in [2.24, 2.45) is 0 Å². The quantitative estimate of drug-likeness (QED) is 0.853. The lowest BCUT2D eigenvalue weighted by molar-refractivity contribution is 0.198. The van der Waals surface area contributed by atoms with Crippen molar-refractivity contribution in [3.63, 3.8) is 0 Å². The molecule has 4 nitrogen and oxygen atoms in total. The van der Waals surface area contributed by atoms with Crippen molar-refractivity contribution in [3.8, 4) is 0 Å². The van der Waals surface area contributed by atoms with Crippen molar-refractivity contribution in [1.82, 2.24) is 10.3 Å². The van der Waals surface area contributed by atoms with E-state index in [9.17, 15) is 5.11 Å². The first-order valence-electron chi connectivity index (χ1n) is 6.57. The van der Waals surface area contributed by atoms with Gasteiger partial charge in [-0.2, -0.15) is 0 Å². The van der Waals surface area contributed by atoms with E-state index in [0.29, 0.717) is 6.54 Å². The van der Waals surface area contributed by atoms with Gasteiger partial charge in [-0.25, -0.2) is 4.98 Å². The summed E-state index contributed by atoms with van der Waals surface area (Å²) in [5.41, 5.74) is 1.31. The molecule has 0 radical (unpaired) electrons. The van der Waals surface area contributed by atoms with Gasteiger partial charge in [0.25, 0.3) is 0 Å². The van der Waals surface area contributed by atoms with Crippen LogP contribution in [0.3, 0.4) is 0 Å². The number of pyridine rings is 1. The third-order valence-electron chi connectivity index (χ3n) is 3.12. The molecule has 0 aromatic carbocycles. The van der Waals surface area contributed by atoms with Gasteiger partial charge in [0.2, 0.25) is 0 Å². The van der Waals surface area contributed by atoms with Crippen LogP contribution >= 0.6 is 0 Å². The van der Waals surface area contributed by atoms with Gasteiger partial charge in [0, 0.05) is 31.4 Å². The second-order valence-corrected chi connectivity index (χ2v) is 6.02. The van der Waals surface area contributed by atoms with E-state index in [1.807, 2.05) is 12.3 Å². The first-order chi connectivity index (χ1) is 8.44. The van der Waals surface area contributed by atoms with Crippen LogP contribution in [-0.4, -0.2) is 34.8 Å². The predicted octanol–water partition coefficient (Wildman–Crippen LogP) is 1.54. The van der Waals surface area contributed by atoms with E-state index >= 15 is 0 Å². The third-order valence-corrected chi connectivity index (χ3v) is 3.12. The standard InChI is InChI=1S/C14H23N3O/c1-14(2,3)16-9-11-4-5-13(15-8-11)17-7-6-12(18)10-17/h4-5,8,12,16,18H,6-7,9-10H2,1-3H3. The van der Waals surface area contributed by atoms with E-state index in [4.69, 9.17) is 0 Å². The lowest BCUT2D eigenvalue weighted by atomic mass is 10.1. The number of hydrogen-bond acceptors (Lipinski definition) is 4. The summed E-state index contributed by atoms with van der Waals surface area (Å²) < 4.78 is 0. The summed E-state index contributed by atoms with van der Waals surface area (Å²) in [6.07, 6.45) is 2.56. The van der Waals surface area contributed by atoms with Gasteiger partial charge in [-0.3, -0.25) is 0 Å². The average molecular weight is 249 g/mol. The highest BCUT2D eigenvalue weighted by molar-refractivity contribution is 5.40. The highest BCUT2D eigenvalue weighted by Gasteiger charge is 2.21. The van der Waals surface area contributed by atoms with Crippen molar-refractivity contribution in [2.75, 3.05) is 18.0 Å². The van der Waals surface area contributed by atoms with Crippen molar-refractivity contribution >= 4 is 5.82 Å². The maximum atomic E-state index is 9.51. The van der Waals surface area contributed by atoms with Crippen molar-refractivity contribution < 1.29 is 5.11 Å². The number of rotatable bonds is 3. The molecular weight excluding hydrogens is 226 g/mol. The molecule has 0 saturated carbocycles. The van der Waals surface area contributed by atoms with E-state index in [2.05, 4.69) is 42.0 Å². The molecule has 1 fully saturated rings. The minimum Gasteiger partial charge on any atom is -0.391 e. The molecule has 18 heavy (non-hydrogen) atoms. The van der Waals surface area contributed by atoms with Crippen LogP contribution in [-0.2, 0) is 6.54 Å². The molecule has 2 rings (SSSR count). The summed E-state index contributed by atoms with van der Waals surface area (Å²) in [6, 6.07) is 4.14. The Morgan fingerprint density at radius 3 is 2.72 bits per heavy atom. The molecule has 1 unspecified atom stereocenters. The van der Waals surface area contributed by atoms with Crippen molar-refractivity contribution in [2.45, 2.75) is 45.4 Å². The molecule has 1 aromatic heterocycles. The van der Waals surface area contributed by atoms with Crippen LogP contribution < -0.4 is 10.2 Å². The van der Waals surface area contributed by atoms with Gasteiger partial charge >= 0.3 is 0 Å². The first-order valence-corrected chi connectivity index (χ1v) is 6.57. The molecule has 1 saturated heterocycles. The van der Waals surface area contributed by atoms with Crippen molar-refractivity contribution in [1.29, 1.82) is 0 Å². The first kappa shape index (κ1) is 13.3. The maximum Gasteiger partial charge on any atom is 0.128 e. The SMILES string of the molecule is CC(C)(C)NCc1ccc(N2CCC(O)C2)nc1. The molecule has 0 amide bonds. The van der Waals surface area contributed by atoms with Crippen LogP contribution in [0.1, 0.15) is 32.8 Å². The van der Waals surface area contributed by atoms with Gasteiger partial charge in [-0.05, 0) is 38.8 Å². The van der Waals surface area contributed by atoms with Crippen molar-refractivity contribution in [3.05, 3.63) is 23.9 Å². The van der Waals surface area contributed by atoms with Crippen LogP contribution in [0, 0.1) is 0 Å². The zero-order valence-electron chi connectivity index (χ0n) is 11.5. The van der Waals surface area contributed by atoms with Crippen LogP contribution in [0.4, 0.5) is 5.82 Å². The fraction of sp³-hybridized carbons (Fsp3) is 0.643. The number of aliphatic hydroxyl groups is 1. The van der Waals surface area contributed by atoms with Crippen LogP contribution in [0.15, 0.2) is 18.3 Å². The maximum absolute atomic E-state index is 9.51. The Morgan fingerprint density at radius 2 is 2.22 bits per heavy atom. The largest absolute Gasteiger partial charge is 0.391 e. The zero-order chi connectivity index (χ0) is 13.2. The second kappa shape index (κ2) is 5.24. The van der Waals surface area contributed by atoms with E-state index in [1.165, 1.54) is 5.56 Å². The smallest absolute Gasteiger partial charge is 0.128 e. The Labute approximate surface area is 109 Å². The van der Waals surface area contributed by atoms with E-state index in [1.54, 1.807) is 0 Å². The molecule has 1 aromatic rings. The number of aromatic nitrogens is 1. The Bertz CT molecular complexity index is 383. The summed E-state index contributed by atoms with van der Waals surface area (Å²) in [5, 5.41) is 13.0. The fourth-order valence-electron chi connectivity index (χ4n) is 2.03. The summed E-state index contributed by atoms with van der Waals surface area (Å²) in [5.74, 6) is 0.964. The number of β-amino-alcohol motifs (C(OH)–C–C–N with tert-alkyl or cyclic N) is 1. The molecule has 4 heteroatoms. The Kier molecular flexibility index (Phi) is 3.88. The molecule has 0 spiro atoms. The lowest BCUT2D eigenvalue weighted by Gasteiger charge is -2.21. The topological polar surface area (TPSA) is 48.4 Å². The average Bonchev–Trinajstić information content (AvgIpc) is 2.73. The van der Waals surface area contributed by atoms with Crippen LogP contribution in [0.2, 0.25) is 0 Å². The summed E-state index contributed by atoms with van der Waals surface area (Å²) in [6.45, 7) is 8.89. The van der Waals surface area contributed by atoms with Gasteiger partial charge in [0.15, 0.2) is 0 Å². The van der Waals surface area contributed by atoms with E-state index < -0.39 is 0 Å². The molecule has 2 heterocycles. The molecule has 100 valence electrons. The highest BCUT2D eigenvalue weighted by Crippen LogP contribution is 2.18. The van der Waals surface area contributed by atoms with Gasteiger partial charge in [0.1, 0.15) is 5.82 Å². The molecular formula is C14H23N3O. The normalized spacial score (nSPS) is 20.4. The number of nitrogens with one attached hydrogen (secondary N) is 1. The molecule has 0 bridgehead atoms. The van der Waals surface area contributed by atoms with Crippen LogP contribution in [0.5, 0.6) is 0 Å². The summed E-state index contributed by atoms with van der Waals surface area (Å²) >= 11 is 0.